The molecule has 0 spiro atoms. The molecule has 2 aromatic carbocycles. The van der Waals surface area contributed by atoms with E-state index >= 15 is 0 Å². The second kappa shape index (κ2) is 13.7. The summed E-state index contributed by atoms with van der Waals surface area (Å²) in [4.78, 5) is 13.2. The molecule has 2 aliphatic rings. The zero-order chi connectivity index (χ0) is 30.5. The highest BCUT2D eigenvalue weighted by Gasteiger charge is 2.35. The van der Waals surface area contributed by atoms with Gasteiger partial charge in [0.25, 0.3) is 0 Å². The van der Waals surface area contributed by atoms with Crippen molar-refractivity contribution in [3.05, 3.63) is 54.1 Å². The van der Waals surface area contributed by atoms with Gasteiger partial charge in [-0.2, -0.15) is 8.61 Å². The van der Waals surface area contributed by atoms with Crippen LogP contribution in [0.4, 0.5) is 0 Å². The van der Waals surface area contributed by atoms with Gasteiger partial charge in [0.2, 0.25) is 32.7 Å². The van der Waals surface area contributed by atoms with Crippen LogP contribution in [0, 0.1) is 5.92 Å². The van der Waals surface area contributed by atoms with Gasteiger partial charge in [-0.05, 0) is 36.5 Å². The summed E-state index contributed by atoms with van der Waals surface area (Å²) < 4.78 is 70.8. The van der Waals surface area contributed by atoms with Gasteiger partial charge in [-0.3, -0.25) is 4.79 Å². The van der Waals surface area contributed by atoms with E-state index in [1.807, 2.05) is 44.2 Å². The number of hydrogen-bond donors (Lipinski definition) is 2. The van der Waals surface area contributed by atoms with E-state index in [9.17, 15) is 26.7 Å². The maximum atomic E-state index is 13.8. The predicted molar refractivity (Wildman–Crippen MR) is 155 cm³/mol. The number of sulfonamides is 2. The van der Waals surface area contributed by atoms with E-state index in [1.54, 1.807) is 0 Å². The Balaban J connectivity index is 1.56. The third-order valence-electron chi connectivity index (χ3n) is 7.09. The first kappa shape index (κ1) is 32.2. The Kier molecular flexibility index (Phi) is 10.5. The van der Waals surface area contributed by atoms with Crippen LogP contribution in [0.2, 0.25) is 0 Å². The van der Waals surface area contributed by atoms with Gasteiger partial charge >= 0.3 is 0 Å². The standard InChI is InChI=1S/C28H39N3O9S2/c1-20(2)15-30(42(36,37)23-9-10-26-27(14-23)40-19-39-26)16-25(32)24(13-21-7-5-4-6-8-21)29-28(33)17-31(41(3,34)35)22-11-12-38-18-22/h4-10,14,20,22,24-25,32H,11-13,15-19H2,1-3H3,(H,29,33)/t22-,24-,25+/m0/s1. The molecule has 1 amide bonds. The highest BCUT2D eigenvalue weighted by molar-refractivity contribution is 7.89. The molecule has 2 aromatic rings. The second-order valence-electron chi connectivity index (χ2n) is 11.0. The summed E-state index contributed by atoms with van der Waals surface area (Å²) >= 11 is 0. The molecule has 2 heterocycles. The summed E-state index contributed by atoms with van der Waals surface area (Å²) in [5, 5.41) is 14.2. The fraction of sp³-hybridized carbons (Fsp3) is 0.536. The number of amides is 1. The third-order valence-corrected chi connectivity index (χ3v) is 10.2. The molecule has 0 aliphatic carbocycles. The first-order valence-corrected chi connectivity index (χ1v) is 17.1. The van der Waals surface area contributed by atoms with Crippen LogP contribution >= 0.6 is 0 Å². The topological polar surface area (TPSA) is 152 Å². The minimum Gasteiger partial charge on any atom is -0.454 e. The maximum absolute atomic E-state index is 13.8. The number of rotatable bonds is 14. The Bertz CT molecular complexity index is 1430. The summed E-state index contributed by atoms with van der Waals surface area (Å²) in [6.07, 6.45) is 0.384. The second-order valence-corrected chi connectivity index (χ2v) is 14.9. The summed E-state index contributed by atoms with van der Waals surface area (Å²) in [5.74, 6) is 0.0854. The lowest BCUT2D eigenvalue weighted by molar-refractivity contribution is -0.123. The molecule has 42 heavy (non-hydrogen) atoms. The number of ether oxygens (including phenoxy) is 3. The molecule has 2 N–H and O–H groups in total. The first-order chi connectivity index (χ1) is 19.8. The van der Waals surface area contributed by atoms with Gasteiger partial charge in [-0.15, -0.1) is 0 Å². The van der Waals surface area contributed by atoms with Crippen molar-refractivity contribution < 1.29 is 40.9 Å². The molecule has 0 bridgehead atoms. The lowest BCUT2D eigenvalue weighted by atomic mass is 10.0. The minimum absolute atomic E-state index is 0.00134. The maximum Gasteiger partial charge on any atom is 0.243 e. The number of carbonyl (C=O) groups excluding carboxylic acids is 1. The number of benzene rings is 2. The molecule has 0 aromatic heterocycles. The van der Waals surface area contributed by atoms with Crippen molar-refractivity contribution in [3.63, 3.8) is 0 Å². The van der Waals surface area contributed by atoms with Gasteiger partial charge in [0, 0.05) is 25.8 Å². The molecule has 3 atom stereocenters. The predicted octanol–water partition coefficient (Wildman–Crippen LogP) is 1.20. The van der Waals surface area contributed by atoms with Crippen molar-refractivity contribution >= 4 is 26.0 Å². The van der Waals surface area contributed by atoms with E-state index in [1.165, 1.54) is 22.5 Å². The molecule has 1 saturated heterocycles. The Morgan fingerprint density at radius 2 is 1.76 bits per heavy atom. The zero-order valence-corrected chi connectivity index (χ0v) is 25.6. The SMILES string of the molecule is CC(C)CN(C[C@@H](O)[C@H](Cc1ccccc1)NC(=O)CN([C@H]1CCOC1)S(C)(=O)=O)S(=O)(=O)c1ccc2c(c1)OCO2. The Morgan fingerprint density at radius 1 is 1.05 bits per heavy atom. The van der Waals surface area contributed by atoms with Crippen molar-refractivity contribution in [2.24, 2.45) is 5.92 Å². The van der Waals surface area contributed by atoms with E-state index in [0.29, 0.717) is 24.5 Å². The van der Waals surface area contributed by atoms with Crippen LogP contribution in [-0.4, -0.2) is 101 Å². The van der Waals surface area contributed by atoms with Crippen LogP contribution in [0.1, 0.15) is 25.8 Å². The molecule has 12 nitrogen and oxygen atoms in total. The zero-order valence-electron chi connectivity index (χ0n) is 24.0. The average molecular weight is 626 g/mol. The fourth-order valence-electron chi connectivity index (χ4n) is 5.01. The van der Waals surface area contributed by atoms with Gasteiger partial charge in [0.05, 0.1) is 42.5 Å². The van der Waals surface area contributed by atoms with Crippen molar-refractivity contribution in [1.29, 1.82) is 0 Å². The lowest BCUT2D eigenvalue weighted by Gasteiger charge is -2.31. The summed E-state index contributed by atoms with van der Waals surface area (Å²) in [6, 6.07) is 12.1. The number of hydrogen-bond acceptors (Lipinski definition) is 9. The van der Waals surface area contributed by atoms with E-state index in [2.05, 4.69) is 5.32 Å². The van der Waals surface area contributed by atoms with Gasteiger partial charge in [0.1, 0.15) is 0 Å². The number of aliphatic hydroxyl groups excluding tert-OH is 1. The Labute approximate surface area is 247 Å². The molecule has 0 unspecified atom stereocenters. The van der Waals surface area contributed by atoms with Gasteiger partial charge in [-0.1, -0.05) is 44.2 Å². The van der Waals surface area contributed by atoms with Crippen molar-refractivity contribution in [3.8, 4) is 11.5 Å². The number of nitrogens with one attached hydrogen (secondary N) is 1. The van der Waals surface area contributed by atoms with Gasteiger partial charge in [-0.25, -0.2) is 16.8 Å². The molecular weight excluding hydrogens is 586 g/mol. The molecule has 4 rings (SSSR count). The quantitative estimate of drug-likeness (QED) is 0.316. The summed E-state index contributed by atoms with van der Waals surface area (Å²) in [7, 11) is -7.80. The van der Waals surface area contributed by atoms with Crippen LogP contribution in [-0.2, 0) is 36.0 Å². The molecule has 232 valence electrons. The number of carbonyl (C=O) groups is 1. The molecule has 0 saturated carbocycles. The van der Waals surface area contributed by atoms with Crippen LogP contribution in [0.15, 0.2) is 53.4 Å². The van der Waals surface area contributed by atoms with Gasteiger partial charge in [0.15, 0.2) is 11.5 Å². The average Bonchev–Trinajstić information content (AvgIpc) is 3.62. The van der Waals surface area contributed by atoms with Crippen molar-refractivity contribution in [2.75, 3.05) is 45.9 Å². The normalized spacial score (nSPS) is 18.5. The monoisotopic (exact) mass is 625 g/mol. The van der Waals surface area contributed by atoms with Crippen molar-refractivity contribution in [2.45, 2.75) is 49.8 Å². The summed E-state index contributed by atoms with van der Waals surface area (Å²) in [5.41, 5.74) is 0.806. The number of fused-ring (bicyclic) bond motifs is 1. The van der Waals surface area contributed by atoms with E-state index < -0.39 is 50.7 Å². The van der Waals surface area contributed by atoms with Crippen molar-refractivity contribution in [1.82, 2.24) is 13.9 Å². The molecular formula is C28H39N3O9S2. The van der Waals surface area contributed by atoms with Crippen LogP contribution in [0.5, 0.6) is 11.5 Å². The van der Waals surface area contributed by atoms with E-state index in [4.69, 9.17) is 14.2 Å². The highest BCUT2D eigenvalue weighted by Crippen LogP contribution is 2.35. The van der Waals surface area contributed by atoms with E-state index in [0.717, 1.165) is 16.1 Å². The fourth-order valence-corrected chi connectivity index (χ4v) is 7.71. The largest absolute Gasteiger partial charge is 0.454 e. The van der Waals surface area contributed by atoms with Crippen LogP contribution < -0.4 is 14.8 Å². The third kappa shape index (κ3) is 8.20. The minimum atomic E-state index is -4.07. The summed E-state index contributed by atoms with van der Waals surface area (Å²) in [6.45, 7) is 3.68. The van der Waals surface area contributed by atoms with Crippen LogP contribution in [0.3, 0.4) is 0 Å². The highest BCUT2D eigenvalue weighted by atomic mass is 32.2. The van der Waals surface area contributed by atoms with Gasteiger partial charge < -0.3 is 24.6 Å². The van der Waals surface area contributed by atoms with Crippen LogP contribution in [0.25, 0.3) is 0 Å². The lowest BCUT2D eigenvalue weighted by Crippen LogP contribution is -2.54. The Hall–Kier alpha value is -2.75. The first-order valence-electron chi connectivity index (χ1n) is 13.8. The molecule has 0 radical (unpaired) electrons. The Morgan fingerprint density at radius 3 is 2.40 bits per heavy atom. The number of aliphatic hydroxyl groups is 1. The molecule has 1 fully saturated rings. The van der Waals surface area contributed by atoms with E-state index in [-0.39, 0.29) is 43.7 Å². The molecule has 2 aliphatic heterocycles. The number of nitrogens with zero attached hydrogens (tertiary/aromatic N) is 2. The smallest absolute Gasteiger partial charge is 0.243 e. The molecule has 14 heteroatoms.